The van der Waals surface area contributed by atoms with Gasteiger partial charge in [-0.2, -0.15) is 0 Å². The molecule has 7 heteroatoms. The molecule has 26 heavy (non-hydrogen) atoms. The van der Waals surface area contributed by atoms with Crippen LogP contribution in [0, 0.1) is 0 Å². The quantitative estimate of drug-likeness (QED) is 0.805. The van der Waals surface area contributed by atoms with E-state index in [4.69, 9.17) is 5.14 Å². The highest BCUT2D eigenvalue weighted by molar-refractivity contribution is 9.10. The van der Waals surface area contributed by atoms with E-state index < -0.39 is 10.0 Å². The zero-order chi connectivity index (χ0) is 18.5. The van der Waals surface area contributed by atoms with Crippen LogP contribution in [0.5, 0.6) is 0 Å². The largest absolute Gasteiger partial charge is 0.331 e. The second-order valence-corrected chi connectivity index (χ2v) is 9.07. The summed E-state index contributed by atoms with van der Waals surface area (Å²) < 4.78 is 23.9. The van der Waals surface area contributed by atoms with E-state index in [0.29, 0.717) is 23.7 Å². The van der Waals surface area contributed by atoms with Gasteiger partial charge in [0.05, 0.1) is 10.5 Å². The highest BCUT2D eigenvalue weighted by Crippen LogP contribution is 2.40. The number of rotatable bonds is 4. The Morgan fingerprint density at radius 1 is 1.04 bits per heavy atom. The molecule has 1 aliphatic heterocycles. The second kappa shape index (κ2) is 6.33. The number of primary sulfonamides is 1. The van der Waals surface area contributed by atoms with Gasteiger partial charge in [0.15, 0.2) is 0 Å². The molecular formula is C19H17BrN2O3S. The van der Waals surface area contributed by atoms with Gasteiger partial charge in [-0.3, -0.25) is 4.79 Å². The van der Waals surface area contributed by atoms with Crippen LogP contribution in [0.2, 0.25) is 0 Å². The monoisotopic (exact) mass is 432 g/mol. The second-order valence-electron chi connectivity index (χ2n) is 6.60. The molecule has 0 saturated heterocycles. The Labute approximate surface area is 160 Å². The van der Waals surface area contributed by atoms with Gasteiger partial charge < -0.3 is 4.90 Å². The fraction of sp³-hybridized carbons (Fsp3) is 0.211. The summed E-state index contributed by atoms with van der Waals surface area (Å²) in [6.45, 7) is 0.576. The molecule has 1 aliphatic carbocycles. The topological polar surface area (TPSA) is 80.5 Å². The number of carbonyl (C=O) groups is 1. The molecule has 2 aliphatic rings. The molecule has 1 fully saturated rings. The van der Waals surface area contributed by atoms with Crippen LogP contribution in [-0.2, 0) is 14.8 Å². The summed E-state index contributed by atoms with van der Waals surface area (Å²) in [4.78, 5) is 15.0. The van der Waals surface area contributed by atoms with Crippen molar-refractivity contribution < 1.29 is 13.2 Å². The molecule has 0 radical (unpaired) electrons. The first kappa shape index (κ1) is 17.5. The number of hydrogen-bond donors (Lipinski definition) is 1. The standard InChI is InChI=1S/C19H17BrN2O3S/c20-14-3-1-2-13(10-14)17-11-22(15-6-7-15)19(23)18(17)12-4-8-16(9-5-12)26(21,24)25/h1-5,8-10,15H,6-7,11H2,(H2,21,24,25). The Bertz CT molecular complexity index is 1030. The lowest BCUT2D eigenvalue weighted by Crippen LogP contribution is -2.29. The average Bonchev–Trinajstić information content (AvgIpc) is 3.37. The fourth-order valence-electron chi connectivity index (χ4n) is 3.30. The third kappa shape index (κ3) is 3.22. The Balaban J connectivity index is 1.82. The first-order chi connectivity index (χ1) is 12.3. The van der Waals surface area contributed by atoms with Gasteiger partial charge in [-0.1, -0.05) is 40.2 Å². The van der Waals surface area contributed by atoms with Gasteiger partial charge in [0, 0.05) is 17.1 Å². The zero-order valence-electron chi connectivity index (χ0n) is 13.9. The lowest BCUT2D eigenvalue weighted by atomic mass is 9.97. The molecule has 2 N–H and O–H groups in total. The van der Waals surface area contributed by atoms with Crippen molar-refractivity contribution in [2.24, 2.45) is 5.14 Å². The first-order valence-corrected chi connectivity index (χ1v) is 10.6. The molecule has 1 saturated carbocycles. The Kier molecular flexibility index (Phi) is 4.25. The van der Waals surface area contributed by atoms with Gasteiger partial charge in [0.1, 0.15) is 0 Å². The first-order valence-electron chi connectivity index (χ1n) is 8.28. The predicted molar refractivity (Wildman–Crippen MR) is 104 cm³/mol. The number of hydrogen-bond acceptors (Lipinski definition) is 3. The molecular weight excluding hydrogens is 416 g/mol. The summed E-state index contributed by atoms with van der Waals surface area (Å²) in [6, 6.07) is 14.4. The summed E-state index contributed by atoms with van der Waals surface area (Å²) in [5.74, 6) is 0.00540. The van der Waals surface area contributed by atoms with E-state index in [0.717, 1.165) is 28.5 Å². The normalized spacial score (nSPS) is 17.9. The molecule has 0 unspecified atom stereocenters. The van der Waals surface area contributed by atoms with Crippen molar-refractivity contribution in [3.63, 3.8) is 0 Å². The molecule has 134 valence electrons. The summed E-state index contributed by atoms with van der Waals surface area (Å²) in [6.07, 6.45) is 2.07. The number of nitrogens with two attached hydrogens (primary N) is 1. The van der Waals surface area contributed by atoms with Crippen LogP contribution in [-0.4, -0.2) is 31.8 Å². The van der Waals surface area contributed by atoms with Crippen LogP contribution < -0.4 is 5.14 Å². The van der Waals surface area contributed by atoms with Crippen molar-refractivity contribution in [1.29, 1.82) is 0 Å². The number of sulfonamides is 1. The average molecular weight is 433 g/mol. The van der Waals surface area contributed by atoms with E-state index in [1.165, 1.54) is 12.1 Å². The SMILES string of the molecule is NS(=O)(=O)c1ccc(C2=C(c3cccc(Br)c3)CN(C3CC3)C2=O)cc1. The smallest absolute Gasteiger partial charge is 0.255 e. The lowest BCUT2D eigenvalue weighted by Gasteiger charge is -2.15. The molecule has 2 aromatic rings. The summed E-state index contributed by atoms with van der Waals surface area (Å²) >= 11 is 3.49. The van der Waals surface area contributed by atoms with E-state index in [1.807, 2.05) is 29.2 Å². The Morgan fingerprint density at radius 2 is 1.73 bits per heavy atom. The minimum Gasteiger partial charge on any atom is -0.331 e. The van der Waals surface area contributed by atoms with Gasteiger partial charge in [-0.15, -0.1) is 0 Å². The number of nitrogens with zero attached hydrogens (tertiary/aromatic N) is 1. The maximum absolute atomic E-state index is 13.1. The molecule has 0 aromatic heterocycles. The molecule has 2 aromatic carbocycles. The minimum absolute atomic E-state index is 0.00540. The van der Waals surface area contributed by atoms with Gasteiger partial charge in [0.25, 0.3) is 5.91 Å². The third-order valence-electron chi connectivity index (χ3n) is 4.74. The lowest BCUT2D eigenvalue weighted by molar-refractivity contribution is -0.124. The highest BCUT2D eigenvalue weighted by atomic mass is 79.9. The number of amides is 1. The molecule has 0 spiro atoms. The van der Waals surface area contributed by atoms with Crippen LogP contribution >= 0.6 is 15.9 Å². The maximum atomic E-state index is 13.1. The van der Waals surface area contributed by atoms with Crippen LogP contribution in [0.15, 0.2) is 57.9 Å². The van der Waals surface area contributed by atoms with Crippen molar-refractivity contribution in [1.82, 2.24) is 4.90 Å². The fourth-order valence-corrected chi connectivity index (χ4v) is 4.21. The van der Waals surface area contributed by atoms with E-state index in [2.05, 4.69) is 15.9 Å². The summed E-state index contributed by atoms with van der Waals surface area (Å²) in [5.41, 5.74) is 3.30. The van der Waals surface area contributed by atoms with Crippen molar-refractivity contribution in [3.8, 4) is 0 Å². The van der Waals surface area contributed by atoms with E-state index in [-0.39, 0.29) is 10.8 Å². The van der Waals surface area contributed by atoms with Crippen molar-refractivity contribution in [3.05, 3.63) is 64.1 Å². The van der Waals surface area contributed by atoms with Gasteiger partial charge in [0.2, 0.25) is 10.0 Å². The number of carbonyl (C=O) groups excluding carboxylic acids is 1. The maximum Gasteiger partial charge on any atom is 0.255 e. The molecule has 5 nitrogen and oxygen atoms in total. The molecule has 1 heterocycles. The molecule has 0 bridgehead atoms. The summed E-state index contributed by atoms with van der Waals surface area (Å²) in [7, 11) is -3.76. The summed E-state index contributed by atoms with van der Waals surface area (Å²) in [5, 5.41) is 5.17. The Morgan fingerprint density at radius 3 is 2.31 bits per heavy atom. The van der Waals surface area contributed by atoms with Crippen LogP contribution in [0.4, 0.5) is 0 Å². The number of benzene rings is 2. The zero-order valence-corrected chi connectivity index (χ0v) is 16.3. The highest BCUT2D eigenvalue weighted by Gasteiger charge is 2.40. The van der Waals surface area contributed by atoms with Crippen LogP contribution in [0.25, 0.3) is 11.1 Å². The van der Waals surface area contributed by atoms with Crippen molar-refractivity contribution in [2.75, 3.05) is 6.54 Å². The van der Waals surface area contributed by atoms with Crippen molar-refractivity contribution >= 4 is 43.0 Å². The van der Waals surface area contributed by atoms with Gasteiger partial charge in [-0.25, -0.2) is 13.6 Å². The number of halogens is 1. The molecule has 0 atom stereocenters. The van der Waals surface area contributed by atoms with E-state index >= 15 is 0 Å². The molecule has 4 rings (SSSR count). The van der Waals surface area contributed by atoms with E-state index in [9.17, 15) is 13.2 Å². The van der Waals surface area contributed by atoms with Crippen LogP contribution in [0.3, 0.4) is 0 Å². The van der Waals surface area contributed by atoms with Crippen LogP contribution in [0.1, 0.15) is 24.0 Å². The van der Waals surface area contributed by atoms with E-state index in [1.54, 1.807) is 12.1 Å². The Hall–Kier alpha value is -1.96. The van der Waals surface area contributed by atoms with Gasteiger partial charge >= 0.3 is 0 Å². The predicted octanol–water partition coefficient (Wildman–Crippen LogP) is 3.01. The van der Waals surface area contributed by atoms with Crippen molar-refractivity contribution in [2.45, 2.75) is 23.8 Å². The third-order valence-corrected chi connectivity index (χ3v) is 6.16. The molecule has 1 amide bonds. The van der Waals surface area contributed by atoms with Gasteiger partial charge in [-0.05, 0) is 53.8 Å². The minimum atomic E-state index is -3.76.